The van der Waals surface area contributed by atoms with Gasteiger partial charge in [-0.2, -0.15) is 0 Å². The molecule has 92 valence electrons. The Morgan fingerprint density at radius 3 is 2.94 bits per heavy atom. The van der Waals surface area contributed by atoms with Gasteiger partial charge in [0, 0.05) is 11.3 Å². The predicted molar refractivity (Wildman–Crippen MR) is 66.3 cm³/mol. The molecule has 17 heavy (non-hydrogen) atoms. The second kappa shape index (κ2) is 5.68. The molecule has 1 aromatic rings. The van der Waals surface area contributed by atoms with Crippen molar-refractivity contribution in [3.05, 3.63) is 29.8 Å². The van der Waals surface area contributed by atoms with Crippen molar-refractivity contribution >= 4 is 11.7 Å². The van der Waals surface area contributed by atoms with Crippen molar-refractivity contribution in [2.24, 2.45) is 0 Å². The SMILES string of the molecule is Nc1ccccc1COC(=O)C1CCCCN1. The molecular weight excluding hydrogens is 216 g/mol. The summed E-state index contributed by atoms with van der Waals surface area (Å²) in [5, 5.41) is 3.16. The smallest absolute Gasteiger partial charge is 0.323 e. The zero-order valence-corrected chi connectivity index (χ0v) is 9.82. The van der Waals surface area contributed by atoms with E-state index in [9.17, 15) is 4.79 Å². The molecule has 2 rings (SSSR count). The third kappa shape index (κ3) is 3.20. The second-order valence-corrected chi connectivity index (χ2v) is 4.31. The van der Waals surface area contributed by atoms with Crippen LogP contribution in [0.15, 0.2) is 24.3 Å². The van der Waals surface area contributed by atoms with Crippen LogP contribution in [0.5, 0.6) is 0 Å². The monoisotopic (exact) mass is 234 g/mol. The molecule has 1 aliphatic heterocycles. The molecule has 1 atom stereocenters. The lowest BCUT2D eigenvalue weighted by Gasteiger charge is -2.21. The summed E-state index contributed by atoms with van der Waals surface area (Å²) in [5.74, 6) is -0.173. The third-order valence-electron chi connectivity index (χ3n) is 3.02. The largest absolute Gasteiger partial charge is 0.460 e. The Kier molecular flexibility index (Phi) is 3.98. The van der Waals surface area contributed by atoms with Gasteiger partial charge >= 0.3 is 5.97 Å². The zero-order valence-electron chi connectivity index (χ0n) is 9.82. The summed E-state index contributed by atoms with van der Waals surface area (Å²) in [6.07, 6.45) is 3.08. The minimum absolute atomic E-state index is 0.145. The molecule has 4 heteroatoms. The first-order valence-corrected chi connectivity index (χ1v) is 6.01. The molecule has 1 heterocycles. The number of nitrogen functional groups attached to an aromatic ring is 1. The van der Waals surface area contributed by atoms with Crippen LogP contribution in [0.25, 0.3) is 0 Å². The number of anilines is 1. The molecule has 0 saturated carbocycles. The maximum Gasteiger partial charge on any atom is 0.323 e. The van der Waals surface area contributed by atoms with Crippen molar-refractivity contribution in [2.75, 3.05) is 12.3 Å². The number of piperidine rings is 1. The maximum absolute atomic E-state index is 11.8. The average Bonchev–Trinajstić information content (AvgIpc) is 2.38. The Hall–Kier alpha value is -1.55. The molecule has 1 aromatic carbocycles. The maximum atomic E-state index is 11.8. The fourth-order valence-corrected chi connectivity index (χ4v) is 1.97. The van der Waals surface area contributed by atoms with Gasteiger partial charge in [-0.1, -0.05) is 24.6 Å². The standard InChI is InChI=1S/C13H18N2O2/c14-11-6-2-1-5-10(11)9-17-13(16)12-7-3-4-8-15-12/h1-2,5-6,12,15H,3-4,7-9,14H2. The van der Waals surface area contributed by atoms with Gasteiger partial charge in [0.15, 0.2) is 0 Å². The minimum atomic E-state index is -0.173. The second-order valence-electron chi connectivity index (χ2n) is 4.31. The number of benzene rings is 1. The van der Waals surface area contributed by atoms with Crippen LogP contribution < -0.4 is 11.1 Å². The summed E-state index contributed by atoms with van der Waals surface area (Å²) < 4.78 is 5.27. The zero-order chi connectivity index (χ0) is 12.1. The molecule has 0 aromatic heterocycles. The molecule has 0 spiro atoms. The molecule has 1 saturated heterocycles. The molecule has 0 amide bonds. The number of hydrogen-bond acceptors (Lipinski definition) is 4. The van der Waals surface area contributed by atoms with Crippen LogP contribution in [0.3, 0.4) is 0 Å². The Bertz CT molecular complexity index is 387. The normalized spacial score (nSPS) is 19.9. The summed E-state index contributed by atoms with van der Waals surface area (Å²) in [6.45, 7) is 1.15. The highest BCUT2D eigenvalue weighted by molar-refractivity contribution is 5.76. The third-order valence-corrected chi connectivity index (χ3v) is 3.02. The number of nitrogens with two attached hydrogens (primary N) is 1. The van der Waals surface area contributed by atoms with E-state index in [1.165, 1.54) is 0 Å². The van der Waals surface area contributed by atoms with Crippen molar-refractivity contribution in [2.45, 2.75) is 31.9 Å². The van der Waals surface area contributed by atoms with E-state index in [4.69, 9.17) is 10.5 Å². The summed E-state index contributed by atoms with van der Waals surface area (Å²) >= 11 is 0. The van der Waals surface area contributed by atoms with E-state index in [2.05, 4.69) is 5.32 Å². The Labute approximate surface area is 101 Å². The molecule has 4 nitrogen and oxygen atoms in total. The van der Waals surface area contributed by atoms with Crippen LogP contribution in [-0.2, 0) is 16.1 Å². The highest BCUT2D eigenvalue weighted by Crippen LogP contribution is 2.13. The van der Waals surface area contributed by atoms with E-state index in [-0.39, 0.29) is 18.6 Å². The lowest BCUT2D eigenvalue weighted by atomic mass is 10.1. The number of nitrogens with one attached hydrogen (secondary N) is 1. The van der Waals surface area contributed by atoms with E-state index in [1.54, 1.807) is 0 Å². The van der Waals surface area contributed by atoms with Crippen LogP contribution in [0.4, 0.5) is 5.69 Å². The van der Waals surface area contributed by atoms with Gasteiger partial charge in [-0.25, -0.2) is 0 Å². The fraction of sp³-hybridized carbons (Fsp3) is 0.462. The molecule has 1 fully saturated rings. The van der Waals surface area contributed by atoms with Crippen molar-refractivity contribution in [3.8, 4) is 0 Å². The van der Waals surface area contributed by atoms with E-state index >= 15 is 0 Å². The van der Waals surface area contributed by atoms with Gasteiger partial charge in [0.1, 0.15) is 12.6 Å². The first-order chi connectivity index (χ1) is 8.27. The van der Waals surface area contributed by atoms with Crippen molar-refractivity contribution in [1.82, 2.24) is 5.32 Å². The van der Waals surface area contributed by atoms with Gasteiger partial charge in [-0.05, 0) is 25.5 Å². The number of carbonyl (C=O) groups excluding carboxylic acids is 1. The predicted octanol–water partition coefficient (Wildman–Crippen LogP) is 1.45. The van der Waals surface area contributed by atoms with Gasteiger partial charge < -0.3 is 15.8 Å². The van der Waals surface area contributed by atoms with Crippen molar-refractivity contribution < 1.29 is 9.53 Å². The number of carbonyl (C=O) groups is 1. The van der Waals surface area contributed by atoms with Gasteiger partial charge in [0.25, 0.3) is 0 Å². The van der Waals surface area contributed by atoms with Crippen LogP contribution in [-0.4, -0.2) is 18.6 Å². The molecule has 1 aliphatic rings. The molecule has 1 unspecified atom stereocenters. The highest BCUT2D eigenvalue weighted by atomic mass is 16.5. The summed E-state index contributed by atoms with van der Waals surface area (Å²) in [6, 6.07) is 7.29. The first-order valence-electron chi connectivity index (χ1n) is 6.01. The minimum Gasteiger partial charge on any atom is -0.460 e. The number of hydrogen-bond donors (Lipinski definition) is 2. The first kappa shape index (κ1) is 11.9. The topological polar surface area (TPSA) is 64.3 Å². The molecule has 0 bridgehead atoms. The van der Waals surface area contributed by atoms with Crippen LogP contribution >= 0.6 is 0 Å². The molecule has 0 radical (unpaired) electrons. The summed E-state index contributed by atoms with van der Waals surface area (Å²) in [5.41, 5.74) is 7.30. The van der Waals surface area contributed by atoms with E-state index < -0.39 is 0 Å². The lowest BCUT2D eigenvalue weighted by Crippen LogP contribution is -2.41. The van der Waals surface area contributed by atoms with Crippen molar-refractivity contribution in [1.29, 1.82) is 0 Å². The lowest BCUT2D eigenvalue weighted by molar-refractivity contribution is -0.148. The van der Waals surface area contributed by atoms with E-state index in [1.807, 2.05) is 24.3 Å². The van der Waals surface area contributed by atoms with Crippen molar-refractivity contribution in [3.63, 3.8) is 0 Å². The fourth-order valence-electron chi connectivity index (χ4n) is 1.97. The average molecular weight is 234 g/mol. The van der Waals surface area contributed by atoms with E-state index in [0.717, 1.165) is 31.4 Å². The number of ether oxygens (including phenoxy) is 1. The number of para-hydroxylation sites is 1. The molecular formula is C13H18N2O2. The molecule has 3 N–H and O–H groups in total. The molecule has 0 aliphatic carbocycles. The van der Waals surface area contributed by atoms with Crippen LogP contribution in [0, 0.1) is 0 Å². The Balaban J connectivity index is 1.85. The van der Waals surface area contributed by atoms with Gasteiger partial charge in [-0.3, -0.25) is 4.79 Å². The Morgan fingerprint density at radius 1 is 1.41 bits per heavy atom. The number of rotatable bonds is 3. The Morgan fingerprint density at radius 2 is 2.24 bits per heavy atom. The quantitative estimate of drug-likeness (QED) is 0.614. The summed E-state index contributed by atoms with van der Waals surface area (Å²) in [7, 11) is 0. The van der Waals surface area contributed by atoms with Crippen LogP contribution in [0.2, 0.25) is 0 Å². The van der Waals surface area contributed by atoms with Gasteiger partial charge in [0.2, 0.25) is 0 Å². The van der Waals surface area contributed by atoms with Gasteiger partial charge in [-0.15, -0.1) is 0 Å². The summed E-state index contributed by atoms with van der Waals surface area (Å²) in [4.78, 5) is 11.8. The van der Waals surface area contributed by atoms with E-state index in [0.29, 0.717) is 5.69 Å². The van der Waals surface area contributed by atoms with Crippen LogP contribution in [0.1, 0.15) is 24.8 Å². The number of esters is 1. The highest BCUT2D eigenvalue weighted by Gasteiger charge is 2.21. The van der Waals surface area contributed by atoms with Gasteiger partial charge in [0.05, 0.1) is 0 Å².